The molecule has 0 aromatic rings. The largest absolute Gasteiger partial charge is 0.299 e. The average Bonchev–Trinajstić information content (AvgIpc) is 2.59. The molecule has 0 aromatic heterocycles. The summed E-state index contributed by atoms with van der Waals surface area (Å²) in [5, 5.41) is 0. The number of carbonyl (C=O) groups excluding carboxylic acids is 2. The lowest BCUT2D eigenvalue weighted by Gasteiger charge is -2.52. The van der Waals surface area contributed by atoms with Crippen LogP contribution in [-0.4, -0.2) is 11.6 Å². The number of fused-ring (bicyclic) bond motifs is 2. The second kappa shape index (κ2) is 1.43. The maximum Gasteiger partial charge on any atom is 0.140 e. The van der Waals surface area contributed by atoms with Crippen molar-refractivity contribution in [3.63, 3.8) is 0 Å². The van der Waals surface area contributed by atoms with E-state index in [0.29, 0.717) is 41.2 Å². The molecule has 14 heavy (non-hydrogen) atoms. The summed E-state index contributed by atoms with van der Waals surface area (Å²) in [6.07, 6.45) is 1.18. The van der Waals surface area contributed by atoms with Crippen molar-refractivity contribution in [1.29, 1.82) is 0 Å². The van der Waals surface area contributed by atoms with Crippen molar-refractivity contribution in [2.45, 2.75) is 13.3 Å². The van der Waals surface area contributed by atoms with Crippen LogP contribution < -0.4 is 0 Å². The van der Waals surface area contributed by atoms with Crippen LogP contribution in [0.1, 0.15) is 13.3 Å². The van der Waals surface area contributed by atoms with Gasteiger partial charge in [0.05, 0.1) is 0 Å². The number of Topliss-reactive ketones (excluding diaryl/α,β-unsaturated/α-hetero) is 2. The molecule has 5 rings (SSSR count). The highest BCUT2D eigenvalue weighted by molar-refractivity contribution is 6.05. The lowest BCUT2D eigenvalue weighted by Crippen LogP contribution is -2.52. The highest BCUT2D eigenvalue weighted by Gasteiger charge is 2.87. The summed E-state index contributed by atoms with van der Waals surface area (Å²) in [5.74, 6) is 3.57. The van der Waals surface area contributed by atoms with Crippen LogP contribution in [0.2, 0.25) is 0 Å². The Morgan fingerprint density at radius 1 is 1.14 bits per heavy atom. The zero-order chi connectivity index (χ0) is 9.40. The van der Waals surface area contributed by atoms with Crippen molar-refractivity contribution in [3.05, 3.63) is 0 Å². The Balaban J connectivity index is 1.91. The fourth-order valence-corrected chi connectivity index (χ4v) is 6.36. The number of hydrogen-bond acceptors (Lipinski definition) is 2. The minimum atomic E-state index is 0.189. The molecule has 72 valence electrons. The van der Waals surface area contributed by atoms with Crippen molar-refractivity contribution < 1.29 is 9.59 Å². The molecule has 0 aromatic carbocycles. The summed E-state index contributed by atoms with van der Waals surface area (Å²) in [7, 11) is 0. The van der Waals surface area contributed by atoms with Gasteiger partial charge in [0.1, 0.15) is 11.6 Å². The smallest absolute Gasteiger partial charge is 0.140 e. The van der Waals surface area contributed by atoms with E-state index in [1.165, 1.54) is 6.42 Å². The standard InChI is InChI=1S/C12H12O2/c1-12-2-3-4-6-7(9(12)11(4)14)8(12)5(3)10(6)13/h3-9H,2H2,1H3. The average molecular weight is 188 g/mol. The van der Waals surface area contributed by atoms with Gasteiger partial charge in [0.15, 0.2) is 0 Å². The molecule has 5 aliphatic rings. The molecule has 5 saturated carbocycles. The van der Waals surface area contributed by atoms with Gasteiger partial charge in [0.25, 0.3) is 0 Å². The number of ketones is 2. The molecule has 0 amide bonds. The third-order valence-electron chi connectivity index (χ3n) is 6.35. The van der Waals surface area contributed by atoms with Gasteiger partial charge in [0.2, 0.25) is 0 Å². The lowest BCUT2D eigenvalue weighted by atomic mass is 9.50. The predicted octanol–water partition coefficient (Wildman–Crippen LogP) is 0.902. The Kier molecular flexibility index (Phi) is 0.689. The molecular formula is C12H12O2. The highest BCUT2D eigenvalue weighted by atomic mass is 16.1. The zero-order valence-electron chi connectivity index (χ0n) is 8.07. The van der Waals surface area contributed by atoms with E-state index in [-0.39, 0.29) is 17.3 Å². The predicted molar refractivity (Wildman–Crippen MR) is 47.2 cm³/mol. The molecule has 2 heteroatoms. The van der Waals surface area contributed by atoms with Crippen molar-refractivity contribution in [2.75, 3.05) is 0 Å². The number of hydrogen-bond donors (Lipinski definition) is 0. The fraction of sp³-hybridized carbons (Fsp3) is 0.833. The zero-order valence-corrected chi connectivity index (χ0v) is 8.07. The van der Waals surface area contributed by atoms with Gasteiger partial charge in [-0.15, -0.1) is 0 Å². The van der Waals surface area contributed by atoms with Crippen LogP contribution in [0.15, 0.2) is 0 Å². The van der Waals surface area contributed by atoms with Crippen LogP contribution in [0.4, 0.5) is 0 Å². The fourth-order valence-electron chi connectivity index (χ4n) is 6.36. The van der Waals surface area contributed by atoms with Gasteiger partial charge in [-0.25, -0.2) is 0 Å². The van der Waals surface area contributed by atoms with Gasteiger partial charge in [0, 0.05) is 23.7 Å². The molecule has 0 heterocycles. The SMILES string of the molecule is CC12CC3C4C(=O)C1C1C4C(=O)C3C12. The van der Waals surface area contributed by atoms with E-state index >= 15 is 0 Å². The molecule has 0 aliphatic heterocycles. The Morgan fingerprint density at radius 3 is 2.71 bits per heavy atom. The van der Waals surface area contributed by atoms with Crippen LogP contribution in [0.3, 0.4) is 0 Å². The monoisotopic (exact) mass is 188 g/mol. The van der Waals surface area contributed by atoms with Crippen LogP contribution in [0.5, 0.6) is 0 Å². The maximum absolute atomic E-state index is 12.1. The van der Waals surface area contributed by atoms with Crippen molar-refractivity contribution >= 4 is 11.6 Å². The van der Waals surface area contributed by atoms with Crippen molar-refractivity contribution in [1.82, 2.24) is 0 Å². The maximum atomic E-state index is 12.1. The summed E-state index contributed by atoms with van der Waals surface area (Å²) in [5.41, 5.74) is 0.258. The molecule has 5 fully saturated rings. The van der Waals surface area contributed by atoms with Crippen LogP contribution in [0, 0.1) is 46.8 Å². The molecule has 2 bridgehead atoms. The van der Waals surface area contributed by atoms with Crippen molar-refractivity contribution in [2.24, 2.45) is 46.8 Å². The van der Waals surface area contributed by atoms with Gasteiger partial charge >= 0.3 is 0 Å². The minimum Gasteiger partial charge on any atom is -0.299 e. The first-order chi connectivity index (χ1) is 6.66. The number of carbonyl (C=O) groups is 2. The third kappa shape index (κ3) is 0.333. The van der Waals surface area contributed by atoms with E-state index in [1.807, 2.05) is 0 Å². The van der Waals surface area contributed by atoms with Crippen LogP contribution in [0.25, 0.3) is 0 Å². The quantitative estimate of drug-likeness (QED) is 0.566. The molecule has 0 radical (unpaired) electrons. The summed E-state index contributed by atoms with van der Waals surface area (Å²) >= 11 is 0. The molecule has 8 unspecified atom stereocenters. The molecule has 0 spiro atoms. The first-order valence-corrected chi connectivity index (χ1v) is 5.74. The molecule has 0 saturated heterocycles. The van der Waals surface area contributed by atoms with E-state index in [0.717, 1.165) is 0 Å². The van der Waals surface area contributed by atoms with Gasteiger partial charge in [-0.2, -0.15) is 0 Å². The van der Waals surface area contributed by atoms with E-state index in [1.54, 1.807) is 0 Å². The number of rotatable bonds is 0. The van der Waals surface area contributed by atoms with Gasteiger partial charge in [-0.1, -0.05) is 6.92 Å². The summed E-state index contributed by atoms with van der Waals surface area (Å²) in [6.45, 7) is 2.26. The Hall–Kier alpha value is -0.660. The van der Waals surface area contributed by atoms with Crippen molar-refractivity contribution in [3.8, 4) is 0 Å². The van der Waals surface area contributed by atoms with Crippen LogP contribution in [-0.2, 0) is 9.59 Å². The second-order valence-electron chi connectivity index (χ2n) is 6.34. The Morgan fingerprint density at radius 2 is 1.93 bits per heavy atom. The Labute approximate surface area is 82.0 Å². The molecular weight excluding hydrogens is 176 g/mol. The lowest BCUT2D eigenvalue weighted by molar-refractivity contribution is -0.143. The topological polar surface area (TPSA) is 34.1 Å². The van der Waals surface area contributed by atoms with Gasteiger partial charge < -0.3 is 0 Å². The summed E-state index contributed by atoms with van der Waals surface area (Å²) < 4.78 is 0. The molecule has 5 aliphatic carbocycles. The van der Waals surface area contributed by atoms with Crippen LogP contribution >= 0.6 is 0 Å². The molecule has 2 nitrogen and oxygen atoms in total. The van der Waals surface area contributed by atoms with Gasteiger partial charge in [-0.3, -0.25) is 9.59 Å². The van der Waals surface area contributed by atoms with Gasteiger partial charge in [-0.05, 0) is 29.6 Å². The van der Waals surface area contributed by atoms with E-state index in [9.17, 15) is 9.59 Å². The summed E-state index contributed by atoms with van der Waals surface area (Å²) in [4.78, 5) is 24.1. The van der Waals surface area contributed by atoms with E-state index in [4.69, 9.17) is 0 Å². The second-order valence-corrected chi connectivity index (χ2v) is 6.34. The normalized spacial score (nSPS) is 75.1. The van der Waals surface area contributed by atoms with E-state index < -0.39 is 0 Å². The Bertz CT molecular complexity index is 422. The first-order valence-electron chi connectivity index (χ1n) is 5.74. The minimum absolute atomic E-state index is 0.189. The van der Waals surface area contributed by atoms with E-state index in [2.05, 4.69) is 6.92 Å². The molecule has 0 N–H and O–H groups in total. The summed E-state index contributed by atoms with van der Waals surface area (Å²) in [6, 6.07) is 0. The third-order valence-corrected chi connectivity index (χ3v) is 6.35. The molecule has 8 atom stereocenters. The highest BCUT2D eigenvalue weighted by Crippen LogP contribution is 2.85. The first kappa shape index (κ1) is 6.76.